The summed E-state index contributed by atoms with van der Waals surface area (Å²) >= 11 is 1.65. The molecule has 5 nitrogen and oxygen atoms in total. The number of amides is 2. The lowest BCUT2D eigenvalue weighted by atomic mass is 10.2. The summed E-state index contributed by atoms with van der Waals surface area (Å²) in [4.78, 5) is 23.3. The summed E-state index contributed by atoms with van der Waals surface area (Å²) in [5, 5.41) is 5.29. The van der Waals surface area contributed by atoms with Gasteiger partial charge in [0.15, 0.2) is 0 Å². The van der Waals surface area contributed by atoms with Crippen molar-refractivity contribution < 1.29 is 14.3 Å². The number of rotatable bonds is 6. The van der Waals surface area contributed by atoms with Gasteiger partial charge < -0.3 is 15.4 Å². The van der Waals surface area contributed by atoms with Gasteiger partial charge in [0, 0.05) is 17.2 Å². The molecular formula is C15H18N2O3S. The van der Waals surface area contributed by atoms with E-state index in [4.69, 9.17) is 4.74 Å². The van der Waals surface area contributed by atoms with Crippen molar-refractivity contribution in [3.8, 4) is 0 Å². The first kappa shape index (κ1) is 15.4. The molecule has 1 aliphatic heterocycles. The lowest BCUT2D eigenvalue weighted by Crippen LogP contribution is -2.44. The van der Waals surface area contributed by atoms with E-state index in [1.807, 2.05) is 18.2 Å². The van der Waals surface area contributed by atoms with Crippen LogP contribution in [0.5, 0.6) is 0 Å². The quantitative estimate of drug-likeness (QED) is 0.789. The van der Waals surface area contributed by atoms with E-state index in [0.717, 1.165) is 5.75 Å². The average Bonchev–Trinajstić information content (AvgIpc) is 2.49. The number of carbonyl (C=O) groups excluding carboxylic acids is 2. The molecule has 1 aromatic rings. The third kappa shape index (κ3) is 4.53. The normalized spacial score (nSPS) is 14.4. The van der Waals surface area contributed by atoms with Crippen molar-refractivity contribution in [1.29, 1.82) is 0 Å². The lowest BCUT2D eigenvalue weighted by Gasteiger charge is -2.21. The summed E-state index contributed by atoms with van der Waals surface area (Å²) in [5.74, 6) is 1.01. The molecule has 1 heterocycles. The van der Waals surface area contributed by atoms with Crippen LogP contribution in [0.3, 0.4) is 0 Å². The van der Waals surface area contributed by atoms with Gasteiger partial charge in [-0.1, -0.05) is 30.3 Å². The second-order valence-electron chi connectivity index (χ2n) is 4.46. The Kier molecular flexibility index (Phi) is 5.68. The van der Waals surface area contributed by atoms with Crippen LogP contribution in [0.15, 0.2) is 41.6 Å². The molecule has 2 amide bonds. The standard InChI is InChI=1S/C15H18N2O3S/c1-2-20-14(18)12-8-16-15(19)17-13(12)10-21-9-11-6-4-3-5-7-11/h3-7H,2,8-10H2,1H3,(H2,16,17,19). The molecule has 0 unspecified atom stereocenters. The van der Waals surface area contributed by atoms with Crippen LogP contribution in [0.25, 0.3) is 0 Å². The Labute approximate surface area is 128 Å². The van der Waals surface area contributed by atoms with Crippen molar-refractivity contribution in [1.82, 2.24) is 10.6 Å². The van der Waals surface area contributed by atoms with Gasteiger partial charge in [-0.25, -0.2) is 9.59 Å². The van der Waals surface area contributed by atoms with Gasteiger partial charge in [0.1, 0.15) is 0 Å². The van der Waals surface area contributed by atoms with Gasteiger partial charge in [-0.05, 0) is 12.5 Å². The number of esters is 1. The van der Waals surface area contributed by atoms with Crippen LogP contribution < -0.4 is 10.6 Å². The number of thioether (sulfide) groups is 1. The molecule has 0 fully saturated rings. The van der Waals surface area contributed by atoms with Crippen LogP contribution in [-0.2, 0) is 15.3 Å². The minimum Gasteiger partial charge on any atom is -0.463 e. The third-order valence-electron chi connectivity index (χ3n) is 2.93. The SMILES string of the molecule is CCOC(=O)C1=C(CSCc2ccccc2)NC(=O)NC1. The number of benzene rings is 1. The van der Waals surface area contributed by atoms with E-state index in [0.29, 0.717) is 23.6 Å². The highest BCUT2D eigenvalue weighted by Crippen LogP contribution is 2.18. The fourth-order valence-electron chi connectivity index (χ4n) is 1.91. The minimum absolute atomic E-state index is 0.214. The average molecular weight is 306 g/mol. The van der Waals surface area contributed by atoms with E-state index in [1.54, 1.807) is 18.7 Å². The van der Waals surface area contributed by atoms with Crippen LogP contribution in [-0.4, -0.2) is 30.9 Å². The minimum atomic E-state index is -0.375. The fourth-order valence-corrected chi connectivity index (χ4v) is 2.89. The molecule has 0 saturated carbocycles. The Morgan fingerprint density at radius 3 is 2.76 bits per heavy atom. The molecule has 1 aromatic carbocycles. The van der Waals surface area contributed by atoms with Gasteiger partial charge in [0.05, 0.1) is 18.7 Å². The Bertz CT molecular complexity index is 543. The summed E-state index contributed by atoms with van der Waals surface area (Å²) in [7, 11) is 0. The molecule has 0 aliphatic carbocycles. The first-order valence-corrected chi connectivity index (χ1v) is 7.92. The highest BCUT2D eigenvalue weighted by atomic mass is 32.2. The van der Waals surface area contributed by atoms with E-state index in [9.17, 15) is 9.59 Å². The molecule has 1 aliphatic rings. The molecule has 0 saturated heterocycles. The Hall–Kier alpha value is -1.95. The molecule has 21 heavy (non-hydrogen) atoms. The second-order valence-corrected chi connectivity index (χ2v) is 5.45. The Morgan fingerprint density at radius 1 is 1.29 bits per heavy atom. The smallest absolute Gasteiger partial charge is 0.337 e. The number of urea groups is 1. The molecule has 2 N–H and O–H groups in total. The summed E-state index contributed by atoms with van der Waals surface area (Å²) in [6, 6.07) is 9.78. The van der Waals surface area contributed by atoms with Crippen molar-refractivity contribution in [2.24, 2.45) is 0 Å². The van der Waals surface area contributed by atoms with Crippen LogP contribution in [0.4, 0.5) is 4.79 Å². The van der Waals surface area contributed by atoms with Gasteiger partial charge in [-0.2, -0.15) is 11.8 Å². The summed E-state index contributed by atoms with van der Waals surface area (Å²) < 4.78 is 5.01. The van der Waals surface area contributed by atoms with Crippen LogP contribution in [0.2, 0.25) is 0 Å². The summed E-state index contributed by atoms with van der Waals surface area (Å²) in [6.45, 7) is 2.30. The first-order valence-electron chi connectivity index (χ1n) is 6.76. The van der Waals surface area contributed by atoms with Gasteiger partial charge in [-0.15, -0.1) is 0 Å². The Balaban J connectivity index is 1.99. The predicted octanol–water partition coefficient (Wildman–Crippen LogP) is 2.05. The molecule has 112 valence electrons. The van der Waals surface area contributed by atoms with Crippen molar-refractivity contribution >= 4 is 23.8 Å². The second kappa shape index (κ2) is 7.73. The molecule has 0 radical (unpaired) electrons. The van der Waals surface area contributed by atoms with Gasteiger partial charge >= 0.3 is 12.0 Å². The molecule has 6 heteroatoms. The zero-order valence-corrected chi connectivity index (χ0v) is 12.7. The number of carbonyl (C=O) groups is 2. The van der Waals surface area contributed by atoms with Crippen LogP contribution >= 0.6 is 11.8 Å². The maximum absolute atomic E-state index is 11.9. The predicted molar refractivity (Wildman–Crippen MR) is 82.8 cm³/mol. The molecule has 0 atom stereocenters. The maximum atomic E-state index is 11.9. The van der Waals surface area contributed by atoms with Crippen molar-refractivity contribution in [3.63, 3.8) is 0 Å². The number of nitrogens with one attached hydrogen (secondary N) is 2. The van der Waals surface area contributed by atoms with Crippen LogP contribution in [0.1, 0.15) is 12.5 Å². The van der Waals surface area contributed by atoms with Gasteiger partial charge in [0.2, 0.25) is 0 Å². The van der Waals surface area contributed by atoms with Crippen molar-refractivity contribution in [2.75, 3.05) is 18.9 Å². The van der Waals surface area contributed by atoms with E-state index in [-0.39, 0.29) is 18.5 Å². The molecule has 0 spiro atoms. The highest BCUT2D eigenvalue weighted by Gasteiger charge is 2.23. The molecule has 2 rings (SSSR count). The maximum Gasteiger partial charge on any atom is 0.337 e. The van der Waals surface area contributed by atoms with Crippen molar-refractivity contribution in [3.05, 3.63) is 47.2 Å². The van der Waals surface area contributed by atoms with Crippen LogP contribution in [0, 0.1) is 0 Å². The highest BCUT2D eigenvalue weighted by molar-refractivity contribution is 7.98. The summed E-state index contributed by atoms with van der Waals surface area (Å²) in [6.07, 6.45) is 0. The fraction of sp³-hybridized carbons (Fsp3) is 0.333. The van der Waals surface area contributed by atoms with Gasteiger partial charge in [0.25, 0.3) is 0 Å². The summed E-state index contributed by atoms with van der Waals surface area (Å²) in [5.41, 5.74) is 2.34. The number of ether oxygens (including phenoxy) is 1. The number of hydrogen-bond acceptors (Lipinski definition) is 4. The Morgan fingerprint density at radius 2 is 2.05 bits per heavy atom. The third-order valence-corrected chi connectivity index (χ3v) is 3.96. The van der Waals surface area contributed by atoms with Crippen molar-refractivity contribution in [2.45, 2.75) is 12.7 Å². The van der Waals surface area contributed by atoms with E-state index in [1.165, 1.54) is 5.56 Å². The van der Waals surface area contributed by atoms with E-state index in [2.05, 4.69) is 22.8 Å². The zero-order chi connectivity index (χ0) is 15.1. The monoisotopic (exact) mass is 306 g/mol. The zero-order valence-electron chi connectivity index (χ0n) is 11.8. The molecular weight excluding hydrogens is 288 g/mol. The largest absolute Gasteiger partial charge is 0.463 e. The first-order chi connectivity index (χ1) is 10.2. The molecule has 0 bridgehead atoms. The number of hydrogen-bond donors (Lipinski definition) is 2. The molecule has 0 aromatic heterocycles. The van der Waals surface area contributed by atoms with E-state index >= 15 is 0 Å². The van der Waals surface area contributed by atoms with E-state index < -0.39 is 0 Å². The topological polar surface area (TPSA) is 67.4 Å². The lowest BCUT2D eigenvalue weighted by molar-refractivity contribution is -0.138. The van der Waals surface area contributed by atoms with Gasteiger partial charge in [-0.3, -0.25) is 0 Å².